The summed E-state index contributed by atoms with van der Waals surface area (Å²) in [4.78, 5) is 122. The number of carbonyl (C=O) groups is 6. The van der Waals surface area contributed by atoms with Crippen molar-refractivity contribution in [3.8, 4) is 18.2 Å². The number of anilines is 2. The lowest BCUT2D eigenvalue weighted by Crippen LogP contribution is -2.43. The van der Waals surface area contributed by atoms with E-state index in [-0.39, 0.29) is 101 Å². The standard InChI is InChI=1S/C19H23N5O5.2C19H25N5O3/c1-11-5-7-23(19(27)16(11)24(28)29)15(8-12-2-3-12)18(26)22-14(10-20)9-13-4-6-21-17(13)25;2*1-11-5-7-24(19(27)16(11)21)15(8-12-2-3-12)18(26)23-14(10-20)9-13-4-6-22-17(13)25/h5,7,12-15H,2-4,6,8-9H2,1H3,(H,21,25)(H,22,26);2*5,7,12-15H,2-4,6,8-9,21H2,1H3,(H,22,25)(H,23,26)/t13-,14-,15-;13-,14-,15+;13-,14-,15-/m000/s1. The van der Waals surface area contributed by atoms with E-state index < -0.39 is 58.3 Å². The maximum absolute atomic E-state index is 13.0. The number of nitrogen functional groups attached to an aromatic ring is 2. The molecule has 0 spiro atoms. The molecule has 0 unspecified atom stereocenters. The molecule has 26 nitrogen and oxygen atoms in total. The molecule has 3 aliphatic heterocycles. The highest BCUT2D eigenvalue weighted by atomic mass is 16.6. The van der Waals surface area contributed by atoms with Crippen molar-refractivity contribution in [2.24, 2.45) is 35.5 Å². The molecular weight excluding hydrogens is 1070 g/mol. The van der Waals surface area contributed by atoms with Crippen LogP contribution in [-0.4, -0.2) is 91.8 Å². The minimum atomic E-state index is -0.942. The van der Waals surface area contributed by atoms with Gasteiger partial charge in [-0.05, 0) is 126 Å². The molecule has 442 valence electrons. The molecule has 9 rings (SSSR count). The van der Waals surface area contributed by atoms with E-state index in [1.54, 1.807) is 38.4 Å². The fraction of sp³-hybridized carbons (Fsp3) is 0.579. The third kappa shape index (κ3) is 16.2. The first kappa shape index (κ1) is 61.8. The van der Waals surface area contributed by atoms with Gasteiger partial charge in [0.1, 0.15) is 47.6 Å². The lowest BCUT2D eigenvalue weighted by molar-refractivity contribution is -0.387. The summed E-state index contributed by atoms with van der Waals surface area (Å²) in [5.74, 6) is -1.42. The van der Waals surface area contributed by atoms with Crippen LogP contribution in [0.2, 0.25) is 0 Å². The van der Waals surface area contributed by atoms with Gasteiger partial charge in [-0.1, -0.05) is 38.5 Å². The molecule has 83 heavy (non-hydrogen) atoms. The predicted octanol–water partition coefficient (Wildman–Crippen LogP) is 2.17. The number of aromatic nitrogens is 3. The first-order valence-electron chi connectivity index (χ1n) is 28.4. The maximum atomic E-state index is 13.0. The smallest absolute Gasteiger partial charge is 0.336 e. The van der Waals surface area contributed by atoms with Gasteiger partial charge < -0.3 is 52.5 Å². The highest BCUT2D eigenvalue weighted by Gasteiger charge is 2.38. The molecule has 3 aromatic rings. The number of aryl methyl sites for hydroxylation is 3. The van der Waals surface area contributed by atoms with Crippen LogP contribution < -0.4 is 60.0 Å². The zero-order chi connectivity index (χ0) is 60.2. The van der Waals surface area contributed by atoms with E-state index in [9.17, 15) is 69.1 Å². The summed E-state index contributed by atoms with van der Waals surface area (Å²) >= 11 is 0. The molecule has 3 aromatic heterocycles. The molecule has 0 radical (unpaired) electrons. The number of nitrogens with two attached hydrogens (primary N) is 2. The summed E-state index contributed by atoms with van der Waals surface area (Å²) in [6, 6.07) is 6.23. The summed E-state index contributed by atoms with van der Waals surface area (Å²) in [6.07, 6.45) is 14.6. The summed E-state index contributed by atoms with van der Waals surface area (Å²) in [5.41, 5.74) is 11.4. The Morgan fingerprint density at radius 1 is 0.530 bits per heavy atom. The van der Waals surface area contributed by atoms with E-state index in [4.69, 9.17) is 11.5 Å². The second-order valence-corrected chi connectivity index (χ2v) is 22.8. The largest absolute Gasteiger partial charge is 0.394 e. The lowest BCUT2D eigenvalue weighted by atomic mass is 9.98. The second kappa shape index (κ2) is 27.7. The highest BCUT2D eigenvalue weighted by molar-refractivity contribution is 5.84. The van der Waals surface area contributed by atoms with Gasteiger partial charge in [0.05, 0.1) is 23.1 Å². The zero-order valence-corrected chi connectivity index (χ0v) is 46.9. The molecule has 6 amide bonds. The maximum Gasteiger partial charge on any atom is 0.336 e. The van der Waals surface area contributed by atoms with Gasteiger partial charge in [-0.15, -0.1) is 0 Å². The van der Waals surface area contributed by atoms with Crippen molar-refractivity contribution in [3.05, 3.63) is 94.7 Å². The van der Waals surface area contributed by atoms with Crippen LogP contribution in [-0.2, 0) is 28.8 Å². The molecule has 3 aliphatic carbocycles. The minimum absolute atomic E-state index is 0.0819. The second-order valence-electron chi connectivity index (χ2n) is 22.8. The third-order valence-electron chi connectivity index (χ3n) is 16.4. The minimum Gasteiger partial charge on any atom is -0.394 e. The molecule has 6 aliphatic rings. The molecule has 6 heterocycles. The Kier molecular flexibility index (Phi) is 20.6. The van der Waals surface area contributed by atoms with Gasteiger partial charge in [0.25, 0.3) is 11.1 Å². The SMILES string of the molecule is Cc1ccn([C@@H](CC2CC2)C(=O)N[C@H](C#N)C[C@@H]2CCNC2=O)c(=O)c1N.Cc1ccn([C@@H](CC2CC2)C(=O)N[C@H](C#N)C[C@@H]2CCNC2=O)c(=O)c1[N+](=O)[O-].Cc1ccn([C@H](CC2CC2)C(=O)N[C@H](C#N)C[C@@H]2CCNC2=O)c(=O)c1N. The van der Waals surface area contributed by atoms with E-state index >= 15 is 0 Å². The van der Waals surface area contributed by atoms with E-state index in [1.165, 1.54) is 28.3 Å². The molecular formula is C57H73N15O11. The number of amides is 6. The van der Waals surface area contributed by atoms with Crippen molar-refractivity contribution in [1.29, 1.82) is 15.8 Å². The fourth-order valence-corrected chi connectivity index (χ4v) is 10.7. The third-order valence-corrected chi connectivity index (χ3v) is 16.4. The van der Waals surface area contributed by atoms with Crippen LogP contribution in [0.3, 0.4) is 0 Å². The molecule has 3 saturated carbocycles. The number of rotatable bonds is 22. The van der Waals surface area contributed by atoms with Crippen LogP contribution in [0.1, 0.15) is 131 Å². The van der Waals surface area contributed by atoms with E-state index in [0.717, 1.165) is 43.1 Å². The molecule has 0 bridgehead atoms. The Morgan fingerprint density at radius 3 is 1.07 bits per heavy atom. The average molecular weight is 1140 g/mol. The molecule has 10 N–H and O–H groups in total. The number of hydrogen-bond donors (Lipinski definition) is 8. The molecule has 26 heteroatoms. The van der Waals surface area contributed by atoms with Crippen LogP contribution in [0, 0.1) is 100 Å². The Bertz CT molecular complexity index is 3150. The fourth-order valence-electron chi connectivity index (χ4n) is 10.7. The van der Waals surface area contributed by atoms with Crippen LogP contribution in [0.5, 0.6) is 0 Å². The Balaban J connectivity index is 0.000000179. The highest BCUT2D eigenvalue weighted by Crippen LogP contribution is 2.39. The number of hydrogen-bond acceptors (Lipinski definition) is 16. The number of nitro groups is 1. The van der Waals surface area contributed by atoms with Crippen molar-refractivity contribution in [1.82, 2.24) is 45.6 Å². The Morgan fingerprint density at radius 2 is 0.819 bits per heavy atom. The number of nitriles is 3. The van der Waals surface area contributed by atoms with Crippen molar-refractivity contribution in [2.45, 2.75) is 153 Å². The molecule has 0 aromatic carbocycles. The number of pyridine rings is 3. The van der Waals surface area contributed by atoms with Gasteiger partial charge in [0.15, 0.2) is 0 Å². The normalized spacial score (nSPS) is 20.9. The van der Waals surface area contributed by atoms with Gasteiger partial charge >= 0.3 is 11.2 Å². The van der Waals surface area contributed by atoms with Gasteiger partial charge in [0.2, 0.25) is 35.4 Å². The zero-order valence-electron chi connectivity index (χ0n) is 46.9. The summed E-state index contributed by atoms with van der Waals surface area (Å²) < 4.78 is 3.83. The van der Waals surface area contributed by atoms with E-state index in [1.807, 2.05) is 6.07 Å². The molecule has 3 saturated heterocycles. The summed E-state index contributed by atoms with van der Waals surface area (Å²) in [7, 11) is 0. The van der Waals surface area contributed by atoms with E-state index in [2.05, 4.69) is 44.0 Å². The Labute approximate surface area is 478 Å². The van der Waals surface area contributed by atoms with Gasteiger partial charge in [-0.3, -0.25) is 57.8 Å². The quantitative estimate of drug-likeness (QED) is 0.0528. The predicted molar refractivity (Wildman–Crippen MR) is 301 cm³/mol. The van der Waals surface area contributed by atoms with E-state index in [0.29, 0.717) is 81.1 Å². The monoisotopic (exact) mass is 1140 g/mol. The number of nitrogens with zero attached hydrogens (tertiary/aromatic N) is 7. The van der Waals surface area contributed by atoms with Crippen LogP contribution in [0.15, 0.2) is 51.2 Å². The molecule has 6 fully saturated rings. The van der Waals surface area contributed by atoms with Gasteiger partial charge in [-0.2, -0.15) is 15.8 Å². The average Bonchev–Trinajstić information content (AvgIpc) is 4.61. The van der Waals surface area contributed by atoms with Crippen molar-refractivity contribution < 1.29 is 33.7 Å². The van der Waals surface area contributed by atoms with Crippen LogP contribution in [0.4, 0.5) is 17.1 Å². The first-order valence-corrected chi connectivity index (χ1v) is 28.4. The van der Waals surface area contributed by atoms with Crippen LogP contribution >= 0.6 is 0 Å². The number of nitrogens with one attached hydrogen (secondary N) is 6. The van der Waals surface area contributed by atoms with Crippen molar-refractivity contribution in [2.75, 3.05) is 31.1 Å². The lowest BCUT2D eigenvalue weighted by Gasteiger charge is -2.22. The molecule has 9 atom stereocenters. The van der Waals surface area contributed by atoms with Crippen molar-refractivity contribution in [3.63, 3.8) is 0 Å². The summed E-state index contributed by atoms with van der Waals surface area (Å²) in [6.45, 7) is 6.70. The van der Waals surface area contributed by atoms with Gasteiger partial charge in [0, 0.05) is 61.5 Å². The number of carbonyl (C=O) groups excluding carboxylic acids is 6. The van der Waals surface area contributed by atoms with Gasteiger partial charge in [-0.25, -0.2) is 0 Å². The first-order chi connectivity index (χ1) is 39.6. The van der Waals surface area contributed by atoms with Crippen molar-refractivity contribution >= 4 is 52.5 Å². The van der Waals surface area contributed by atoms with Crippen LogP contribution in [0.25, 0.3) is 0 Å². The topological polar surface area (TPSA) is 407 Å². The Hall–Kier alpha value is -8.86. The summed E-state index contributed by atoms with van der Waals surface area (Å²) in [5, 5.41) is 55.8.